The van der Waals surface area contributed by atoms with Gasteiger partial charge in [-0.15, -0.1) is 0 Å². The maximum Gasteiger partial charge on any atom is 0.0780 e. The van der Waals surface area contributed by atoms with E-state index in [2.05, 4.69) is 267 Å². The number of fused-ring (bicyclic) bond motifs is 13. The van der Waals surface area contributed by atoms with Crippen molar-refractivity contribution in [1.82, 2.24) is 23.3 Å². The molecule has 0 aliphatic rings. The maximum absolute atomic E-state index is 4.98. The molecule has 0 spiro atoms. The van der Waals surface area contributed by atoms with E-state index in [0.29, 0.717) is 0 Å². The molecule has 0 aliphatic carbocycles. The second-order valence-electron chi connectivity index (χ2n) is 19.5. The summed E-state index contributed by atoms with van der Waals surface area (Å²) >= 11 is 0. The first kappa shape index (κ1) is 40.7. The van der Waals surface area contributed by atoms with Crippen LogP contribution in [0.1, 0.15) is 0 Å². The van der Waals surface area contributed by atoms with Gasteiger partial charge >= 0.3 is 0 Å². The summed E-state index contributed by atoms with van der Waals surface area (Å²) < 4.78 is 9.87. The Morgan fingerprint density at radius 3 is 1.14 bits per heavy atom. The molecule has 5 heterocycles. The van der Waals surface area contributed by atoms with E-state index < -0.39 is 0 Å². The van der Waals surface area contributed by atoms with E-state index in [-0.39, 0.29) is 0 Å². The Labute approximate surface area is 425 Å². The van der Waals surface area contributed by atoms with Crippen molar-refractivity contribution < 1.29 is 0 Å². The number of hydrogen-bond donors (Lipinski definition) is 0. The standard InChI is InChI=1S/C69H43N5/c1-3-21-45(22-4-1)71-60-32-13-9-27-50(60)56-41-67-57(40-65(56)71)52-29-11-15-34-62(52)73(67)47-36-37-54(48-25-7-8-26-49(48)55-31-17-19-44-20-18-38-70-69(44)55)64(39-47)74-63-35-16-12-30-53(63)59-42-66-58(43-68(59)74)51-28-10-14-33-61(51)72(66)46-23-5-2-6-24-46/h1-43H. The summed E-state index contributed by atoms with van der Waals surface area (Å²) in [6.07, 6.45) is 1.90. The third-order valence-electron chi connectivity index (χ3n) is 15.6. The van der Waals surface area contributed by atoms with Crippen LogP contribution >= 0.6 is 0 Å². The van der Waals surface area contributed by atoms with E-state index in [0.717, 1.165) is 78.0 Å². The smallest absolute Gasteiger partial charge is 0.0780 e. The lowest BCUT2D eigenvalue weighted by Crippen LogP contribution is -2.02. The summed E-state index contributed by atoms with van der Waals surface area (Å²) in [4.78, 5) is 4.98. The van der Waals surface area contributed by atoms with Crippen molar-refractivity contribution in [3.63, 3.8) is 0 Å². The average molecular weight is 942 g/mol. The molecule has 5 aromatic heterocycles. The van der Waals surface area contributed by atoms with Crippen molar-refractivity contribution in [2.75, 3.05) is 0 Å². The van der Waals surface area contributed by atoms with Crippen LogP contribution in [0.5, 0.6) is 0 Å². The first-order valence-corrected chi connectivity index (χ1v) is 25.4. The first-order valence-electron chi connectivity index (χ1n) is 25.4. The van der Waals surface area contributed by atoms with Gasteiger partial charge in [0, 0.05) is 82.9 Å². The van der Waals surface area contributed by atoms with E-state index >= 15 is 0 Å². The highest BCUT2D eigenvalue weighted by Crippen LogP contribution is 2.46. The molecule has 0 amide bonds. The number of nitrogens with zero attached hydrogens (tertiary/aromatic N) is 5. The molecule has 0 bridgehead atoms. The molecule has 74 heavy (non-hydrogen) atoms. The molecule has 0 radical (unpaired) electrons. The molecular weight excluding hydrogens is 899 g/mol. The Morgan fingerprint density at radius 1 is 0.230 bits per heavy atom. The van der Waals surface area contributed by atoms with Crippen LogP contribution in [0.4, 0.5) is 0 Å². The Balaban J connectivity index is 1.03. The summed E-state index contributed by atoms with van der Waals surface area (Å²) in [5.74, 6) is 0. The van der Waals surface area contributed by atoms with Crippen molar-refractivity contribution in [2.45, 2.75) is 0 Å². The quantitative estimate of drug-likeness (QED) is 0.163. The number of benzene rings is 11. The van der Waals surface area contributed by atoms with Crippen molar-refractivity contribution in [2.24, 2.45) is 0 Å². The van der Waals surface area contributed by atoms with Crippen molar-refractivity contribution in [3.8, 4) is 45.0 Å². The molecular formula is C69H43N5. The normalized spacial score (nSPS) is 12.1. The topological polar surface area (TPSA) is 32.6 Å². The zero-order chi connectivity index (χ0) is 48.4. The minimum atomic E-state index is 0.986. The highest BCUT2D eigenvalue weighted by atomic mass is 15.0. The van der Waals surface area contributed by atoms with Crippen LogP contribution in [0.2, 0.25) is 0 Å². The lowest BCUT2D eigenvalue weighted by Gasteiger charge is -2.20. The second kappa shape index (κ2) is 15.8. The molecule has 16 rings (SSSR count). The van der Waals surface area contributed by atoms with E-state index in [4.69, 9.17) is 4.98 Å². The summed E-state index contributed by atoms with van der Waals surface area (Å²) in [6.45, 7) is 0. The molecule has 16 aromatic rings. The van der Waals surface area contributed by atoms with Gasteiger partial charge in [-0.3, -0.25) is 4.98 Å². The van der Waals surface area contributed by atoms with Gasteiger partial charge in [-0.1, -0.05) is 164 Å². The Kier molecular flexibility index (Phi) is 8.68. The van der Waals surface area contributed by atoms with Crippen LogP contribution in [0.3, 0.4) is 0 Å². The zero-order valence-electron chi connectivity index (χ0n) is 40.1. The Morgan fingerprint density at radius 2 is 0.622 bits per heavy atom. The van der Waals surface area contributed by atoms with E-state index in [1.54, 1.807) is 0 Å². The summed E-state index contributed by atoms with van der Waals surface area (Å²) in [6, 6.07) is 93.5. The third-order valence-corrected chi connectivity index (χ3v) is 15.6. The Bertz CT molecular complexity index is 4950. The van der Waals surface area contributed by atoms with Gasteiger partial charge < -0.3 is 18.3 Å². The van der Waals surface area contributed by atoms with Gasteiger partial charge in [-0.25, -0.2) is 0 Å². The number of aromatic nitrogens is 5. The average Bonchev–Trinajstić information content (AvgIpc) is 4.18. The van der Waals surface area contributed by atoms with Crippen LogP contribution in [-0.2, 0) is 0 Å². The molecule has 5 heteroatoms. The fourth-order valence-electron chi connectivity index (χ4n) is 12.5. The SMILES string of the molecule is c1ccc(-n2c3ccccc3c3cc4c(cc32)c2ccccc2n4-c2ccc(-c3ccccc3-c3cccc4cccnc34)c(-n3c4ccccc4c4cc5c(cc43)c3ccccc3n5-c3ccccc3)c2)cc1. The molecule has 0 atom stereocenters. The molecule has 0 saturated carbocycles. The van der Waals surface area contributed by atoms with Gasteiger partial charge in [0.25, 0.3) is 0 Å². The second-order valence-corrected chi connectivity index (χ2v) is 19.5. The predicted molar refractivity (Wildman–Crippen MR) is 310 cm³/mol. The predicted octanol–water partition coefficient (Wildman–Crippen LogP) is 18.0. The number of para-hydroxylation sites is 7. The van der Waals surface area contributed by atoms with E-state index in [1.807, 2.05) is 12.3 Å². The molecule has 0 N–H and O–H groups in total. The van der Waals surface area contributed by atoms with Crippen LogP contribution in [0.25, 0.3) is 143 Å². The maximum atomic E-state index is 4.98. The molecule has 5 nitrogen and oxygen atoms in total. The number of hydrogen-bond acceptors (Lipinski definition) is 1. The van der Waals surface area contributed by atoms with Crippen molar-refractivity contribution >= 4 is 98.1 Å². The Hall–Kier alpha value is -9.97. The molecule has 11 aromatic carbocycles. The van der Waals surface area contributed by atoms with Crippen molar-refractivity contribution in [3.05, 3.63) is 261 Å². The van der Waals surface area contributed by atoms with Crippen LogP contribution in [0, 0.1) is 0 Å². The molecule has 344 valence electrons. The van der Waals surface area contributed by atoms with Gasteiger partial charge in [0.1, 0.15) is 0 Å². The zero-order valence-corrected chi connectivity index (χ0v) is 40.1. The van der Waals surface area contributed by atoms with Gasteiger partial charge in [-0.2, -0.15) is 0 Å². The van der Waals surface area contributed by atoms with Gasteiger partial charge in [0.2, 0.25) is 0 Å². The number of pyridine rings is 1. The van der Waals surface area contributed by atoms with Crippen LogP contribution in [-0.4, -0.2) is 23.3 Å². The van der Waals surface area contributed by atoms with E-state index in [1.165, 1.54) is 65.2 Å². The molecule has 0 saturated heterocycles. The lowest BCUT2D eigenvalue weighted by molar-refractivity contribution is 1.14. The lowest BCUT2D eigenvalue weighted by atomic mass is 9.92. The minimum absolute atomic E-state index is 0.986. The fraction of sp³-hybridized carbons (Fsp3) is 0. The highest BCUT2D eigenvalue weighted by molar-refractivity contribution is 6.21. The third kappa shape index (κ3) is 5.83. The first-order chi connectivity index (χ1) is 36.7. The molecule has 0 aliphatic heterocycles. The highest BCUT2D eigenvalue weighted by Gasteiger charge is 2.24. The fourth-order valence-corrected chi connectivity index (χ4v) is 12.5. The monoisotopic (exact) mass is 941 g/mol. The summed E-state index contributed by atoms with van der Waals surface area (Å²) in [5, 5.41) is 10.8. The van der Waals surface area contributed by atoms with Gasteiger partial charge in [0.15, 0.2) is 0 Å². The van der Waals surface area contributed by atoms with Crippen molar-refractivity contribution in [1.29, 1.82) is 0 Å². The summed E-state index contributed by atoms with van der Waals surface area (Å²) in [5.41, 5.74) is 19.3. The van der Waals surface area contributed by atoms with Gasteiger partial charge in [0.05, 0.1) is 55.3 Å². The minimum Gasteiger partial charge on any atom is -0.309 e. The van der Waals surface area contributed by atoms with Gasteiger partial charge in [-0.05, 0) is 102 Å². The molecule has 0 fully saturated rings. The molecule has 0 unspecified atom stereocenters. The van der Waals surface area contributed by atoms with Crippen LogP contribution in [0.15, 0.2) is 261 Å². The number of rotatable bonds is 6. The van der Waals surface area contributed by atoms with E-state index in [9.17, 15) is 0 Å². The largest absolute Gasteiger partial charge is 0.309 e. The summed E-state index contributed by atoms with van der Waals surface area (Å²) in [7, 11) is 0. The van der Waals surface area contributed by atoms with Crippen LogP contribution < -0.4 is 0 Å².